The van der Waals surface area contributed by atoms with Gasteiger partial charge in [-0.1, -0.05) is 38.2 Å². The van der Waals surface area contributed by atoms with Crippen molar-refractivity contribution in [3.63, 3.8) is 0 Å². The second-order valence-electron chi connectivity index (χ2n) is 6.65. The lowest BCUT2D eigenvalue weighted by Gasteiger charge is -2.21. The molecule has 0 saturated heterocycles. The Morgan fingerprint density at radius 1 is 1.22 bits per heavy atom. The summed E-state index contributed by atoms with van der Waals surface area (Å²) in [6.07, 6.45) is 10.0. The second kappa shape index (κ2) is 7.95. The van der Waals surface area contributed by atoms with Crippen molar-refractivity contribution < 1.29 is 13.2 Å². The standard InChI is InChI=1S/C18H27NO3S/c1-14-10-11-16(23(2,21)22)13-17(14)18(20)19-12-6-9-15-7-4-3-5-8-15/h10-11,13,15H,3-9,12H2,1-2H3,(H,19,20). The Labute approximate surface area is 139 Å². The predicted molar refractivity (Wildman–Crippen MR) is 92.4 cm³/mol. The molecule has 0 bridgehead atoms. The molecule has 0 spiro atoms. The number of carbonyl (C=O) groups is 1. The third kappa shape index (κ3) is 5.34. The van der Waals surface area contributed by atoms with Crippen molar-refractivity contribution in [2.75, 3.05) is 12.8 Å². The van der Waals surface area contributed by atoms with Crippen LogP contribution in [0.4, 0.5) is 0 Å². The first-order valence-electron chi connectivity index (χ1n) is 8.47. The zero-order chi connectivity index (χ0) is 16.9. The molecule has 128 valence electrons. The van der Waals surface area contributed by atoms with Crippen LogP contribution >= 0.6 is 0 Å². The van der Waals surface area contributed by atoms with Gasteiger partial charge in [0.05, 0.1) is 4.90 Å². The Morgan fingerprint density at radius 3 is 2.57 bits per heavy atom. The molecule has 1 aromatic carbocycles. The fraction of sp³-hybridized carbons (Fsp3) is 0.611. The summed E-state index contributed by atoms with van der Waals surface area (Å²) in [4.78, 5) is 12.5. The summed E-state index contributed by atoms with van der Waals surface area (Å²) in [5.41, 5.74) is 1.24. The van der Waals surface area contributed by atoms with Crippen LogP contribution in [-0.2, 0) is 9.84 Å². The highest BCUT2D eigenvalue weighted by Crippen LogP contribution is 2.27. The SMILES string of the molecule is Cc1ccc(S(C)(=O)=O)cc1C(=O)NCCCC1CCCCC1. The number of carbonyl (C=O) groups excluding carboxylic acids is 1. The van der Waals surface area contributed by atoms with E-state index in [0.29, 0.717) is 12.1 Å². The molecule has 0 heterocycles. The van der Waals surface area contributed by atoms with Crippen molar-refractivity contribution in [2.24, 2.45) is 5.92 Å². The third-order valence-corrected chi connectivity index (χ3v) is 5.79. The maximum atomic E-state index is 12.3. The van der Waals surface area contributed by atoms with Gasteiger partial charge in [0.25, 0.3) is 5.91 Å². The molecule has 0 unspecified atom stereocenters. The van der Waals surface area contributed by atoms with Crippen LogP contribution in [0.1, 0.15) is 60.9 Å². The minimum Gasteiger partial charge on any atom is -0.352 e. The first-order chi connectivity index (χ1) is 10.9. The largest absolute Gasteiger partial charge is 0.352 e. The molecular formula is C18H27NO3S. The fourth-order valence-corrected chi connectivity index (χ4v) is 3.89. The molecule has 0 aromatic heterocycles. The Balaban J connectivity index is 1.87. The number of nitrogens with one attached hydrogen (secondary N) is 1. The van der Waals surface area contributed by atoms with Gasteiger partial charge >= 0.3 is 0 Å². The normalized spacial score (nSPS) is 16.3. The van der Waals surface area contributed by atoms with E-state index in [0.717, 1.165) is 24.2 Å². The quantitative estimate of drug-likeness (QED) is 0.808. The number of rotatable bonds is 6. The van der Waals surface area contributed by atoms with Crippen LogP contribution in [0.25, 0.3) is 0 Å². The average molecular weight is 337 g/mol. The van der Waals surface area contributed by atoms with Crippen LogP contribution in [0.15, 0.2) is 23.1 Å². The van der Waals surface area contributed by atoms with Crippen molar-refractivity contribution in [2.45, 2.75) is 56.8 Å². The predicted octanol–water partition coefficient (Wildman–Crippen LogP) is 3.49. The smallest absolute Gasteiger partial charge is 0.251 e. The van der Waals surface area contributed by atoms with Crippen molar-refractivity contribution in [1.82, 2.24) is 5.32 Å². The lowest BCUT2D eigenvalue weighted by atomic mass is 9.86. The van der Waals surface area contributed by atoms with Crippen LogP contribution < -0.4 is 5.32 Å². The summed E-state index contributed by atoms with van der Waals surface area (Å²) in [6.45, 7) is 2.47. The molecule has 5 heteroatoms. The van der Waals surface area contributed by atoms with E-state index in [2.05, 4.69) is 5.32 Å². The number of sulfone groups is 1. The molecule has 1 saturated carbocycles. The summed E-state index contributed by atoms with van der Waals surface area (Å²) >= 11 is 0. The molecular weight excluding hydrogens is 310 g/mol. The molecule has 1 aliphatic rings. The van der Waals surface area contributed by atoms with Crippen LogP contribution in [0, 0.1) is 12.8 Å². The molecule has 0 aliphatic heterocycles. The van der Waals surface area contributed by atoms with E-state index in [1.807, 2.05) is 6.92 Å². The van der Waals surface area contributed by atoms with E-state index in [1.54, 1.807) is 12.1 Å². The molecule has 1 aliphatic carbocycles. The van der Waals surface area contributed by atoms with Crippen LogP contribution in [0.2, 0.25) is 0 Å². The highest BCUT2D eigenvalue weighted by molar-refractivity contribution is 7.90. The maximum absolute atomic E-state index is 12.3. The molecule has 2 rings (SSSR count). The van der Waals surface area contributed by atoms with Crippen molar-refractivity contribution in [1.29, 1.82) is 0 Å². The summed E-state index contributed by atoms with van der Waals surface area (Å²) in [5, 5.41) is 2.92. The molecule has 23 heavy (non-hydrogen) atoms. The van der Waals surface area contributed by atoms with E-state index in [4.69, 9.17) is 0 Å². The van der Waals surface area contributed by atoms with E-state index in [1.165, 1.54) is 44.6 Å². The van der Waals surface area contributed by atoms with Crippen molar-refractivity contribution in [3.05, 3.63) is 29.3 Å². The summed E-state index contributed by atoms with van der Waals surface area (Å²) in [6, 6.07) is 4.71. The van der Waals surface area contributed by atoms with Gasteiger partial charge in [-0.2, -0.15) is 0 Å². The molecule has 0 atom stereocenters. The topological polar surface area (TPSA) is 63.2 Å². The number of hydrogen-bond donors (Lipinski definition) is 1. The summed E-state index contributed by atoms with van der Waals surface area (Å²) < 4.78 is 23.2. The highest BCUT2D eigenvalue weighted by Gasteiger charge is 2.15. The minimum atomic E-state index is -3.30. The molecule has 1 amide bonds. The first kappa shape index (κ1) is 18.0. The van der Waals surface area contributed by atoms with Gasteiger partial charge in [-0.3, -0.25) is 4.79 Å². The lowest BCUT2D eigenvalue weighted by Crippen LogP contribution is -2.26. The summed E-state index contributed by atoms with van der Waals surface area (Å²) in [7, 11) is -3.30. The number of benzene rings is 1. The Hall–Kier alpha value is -1.36. The van der Waals surface area contributed by atoms with E-state index in [-0.39, 0.29) is 10.8 Å². The summed E-state index contributed by atoms with van der Waals surface area (Å²) in [5.74, 6) is 0.632. The van der Waals surface area contributed by atoms with Gasteiger partial charge < -0.3 is 5.32 Å². The molecule has 1 aromatic rings. The Morgan fingerprint density at radius 2 is 1.91 bits per heavy atom. The van der Waals surface area contributed by atoms with Crippen molar-refractivity contribution >= 4 is 15.7 Å². The van der Waals surface area contributed by atoms with Gasteiger partial charge in [-0.15, -0.1) is 0 Å². The van der Waals surface area contributed by atoms with E-state index >= 15 is 0 Å². The van der Waals surface area contributed by atoms with Crippen LogP contribution in [-0.4, -0.2) is 27.1 Å². The van der Waals surface area contributed by atoms with E-state index in [9.17, 15) is 13.2 Å². The van der Waals surface area contributed by atoms with Crippen molar-refractivity contribution in [3.8, 4) is 0 Å². The second-order valence-corrected chi connectivity index (χ2v) is 8.67. The Kier molecular flexibility index (Phi) is 6.22. The number of hydrogen-bond acceptors (Lipinski definition) is 3. The molecule has 1 fully saturated rings. The van der Waals surface area contributed by atoms with Gasteiger partial charge in [0.15, 0.2) is 9.84 Å². The zero-order valence-corrected chi connectivity index (χ0v) is 14.9. The van der Waals surface area contributed by atoms with Gasteiger partial charge in [-0.25, -0.2) is 8.42 Å². The monoisotopic (exact) mass is 337 g/mol. The maximum Gasteiger partial charge on any atom is 0.251 e. The third-order valence-electron chi connectivity index (χ3n) is 4.68. The van der Waals surface area contributed by atoms with Crippen LogP contribution in [0.5, 0.6) is 0 Å². The van der Waals surface area contributed by atoms with Gasteiger partial charge in [-0.05, 0) is 43.4 Å². The Bertz CT molecular complexity index is 646. The molecule has 0 radical (unpaired) electrons. The fourth-order valence-electron chi connectivity index (χ4n) is 3.24. The van der Waals surface area contributed by atoms with Crippen LogP contribution in [0.3, 0.4) is 0 Å². The first-order valence-corrected chi connectivity index (χ1v) is 10.4. The number of aryl methyl sites for hydroxylation is 1. The zero-order valence-electron chi connectivity index (χ0n) is 14.1. The number of amides is 1. The molecule has 4 nitrogen and oxygen atoms in total. The van der Waals surface area contributed by atoms with Gasteiger partial charge in [0.1, 0.15) is 0 Å². The van der Waals surface area contributed by atoms with Gasteiger partial charge in [0, 0.05) is 18.4 Å². The lowest BCUT2D eigenvalue weighted by molar-refractivity contribution is 0.0951. The average Bonchev–Trinajstić information content (AvgIpc) is 2.51. The van der Waals surface area contributed by atoms with Gasteiger partial charge in [0.2, 0.25) is 0 Å². The highest BCUT2D eigenvalue weighted by atomic mass is 32.2. The minimum absolute atomic E-state index is 0.184. The van der Waals surface area contributed by atoms with E-state index < -0.39 is 9.84 Å². The molecule has 1 N–H and O–H groups in total.